The fourth-order valence-corrected chi connectivity index (χ4v) is 1.84. The molecule has 0 radical (unpaired) electrons. The predicted octanol–water partition coefficient (Wildman–Crippen LogP) is 2.45. The second-order valence-corrected chi connectivity index (χ2v) is 3.97. The number of H-pyrrole nitrogens is 1. The third-order valence-corrected chi connectivity index (χ3v) is 2.71. The summed E-state index contributed by atoms with van der Waals surface area (Å²) >= 11 is 0. The summed E-state index contributed by atoms with van der Waals surface area (Å²) in [4.78, 5) is 0. The van der Waals surface area contributed by atoms with E-state index in [1.807, 2.05) is 18.3 Å². The number of benzene rings is 1. The van der Waals surface area contributed by atoms with E-state index in [2.05, 4.69) is 33.7 Å². The van der Waals surface area contributed by atoms with Crippen molar-refractivity contribution in [2.24, 2.45) is 0 Å². The number of hydrogen-bond acceptors (Lipinski definition) is 3. The summed E-state index contributed by atoms with van der Waals surface area (Å²) in [5.74, 6) is 0.951. The summed E-state index contributed by atoms with van der Waals surface area (Å²) < 4.78 is 5.25. The van der Waals surface area contributed by atoms with Crippen LogP contribution in [0.5, 0.6) is 0 Å². The van der Waals surface area contributed by atoms with Crippen molar-refractivity contribution in [1.82, 2.24) is 15.5 Å². The van der Waals surface area contributed by atoms with Gasteiger partial charge in [-0.2, -0.15) is 5.10 Å². The van der Waals surface area contributed by atoms with Crippen LogP contribution in [-0.2, 0) is 13.1 Å². The maximum Gasteiger partial charge on any atom is 0.117 e. The quantitative estimate of drug-likeness (QED) is 0.719. The average molecular weight is 227 g/mol. The van der Waals surface area contributed by atoms with E-state index >= 15 is 0 Å². The number of rotatable bonds is 4. The van der Waals surface area contributed by atoms with Crippen LogP contribution in [0.15, 0.2) is 47.2 Å². The molecule has 2 N–H and O–H groups in total. The van der Waals surface area contributed by atoms with Crippen molar-refractivity contribution < 1.29 is 4.42 Å². The van der Waals surface area contributed by atoms with Crippen LogP contribution in [0.1, 0.15) is 11.3 Å². The third kappa shape index (κ3) is 2.21. The molecule has 0 saturated carbocycles. The second-order valence-electron chi connectivity index (χ2n) is 3.97. The maximum absolute atomic E-state index is 5.25. The molecule has 4 nitrogen and oxygen atoms in total. The molecule has 17 heavy (non-hydrogen) atoms. The molecule has 0 unspecified atom stereocenters. The van der Waals surface area contributed by atoms with Gasteiger partial charge in [0.05, 0.1) is 24.5 Å². The van der Waals surface area contributed by atoms with Crippen LogP contribution in [0.4, 0.5) is 0 Å². The maximum atomic E-state index is 5.25. The van der Waals surface area contributed by atoms with Gasteiger partial charge in [-0.3, -0.25) is 5.10 Å². The zero-order valence-corrected chi connectivity index (χ0v) is 9.31. The molecule has 0 saturated heterocycles. The Morgan fingerprint density at radius 3 is 3.12 bits per heavy atom. The fraction of sp³-hybridized carbons (Fsp3) is 0.154. The van der Waals surface area contributed by atoms with Crippen molar-refractivity contribution >= 4 is 10.9 Å². The summed E-state index contributed by atoms with van der Waals surface area (Å²) in [7, 11) is 0. The molecule has 3 rings (SSSR count). The first-order valence-corrected chi connectivity index (χ1v) is 5.57. The number of nitrogens with zero attached hydrogens (tertiary/aromatic N) is 1. The summed E-state index contributed by atoms with van der Waals surface area (Å²) in [6.45, 7) is 1.56. The molecule has 0 fully saturated rings. The highest BCUT2D eigenvalue weighted by molar-refractivity contribution is 5.78. The van der Waals surface area contributed by atoms with E-state index in [4.69, 9.17) is 4.42 Å². The van der Waals surface area contributed by atoms with Gasteiger partial charge in [0, 0.05) is 11.9 Å². The minimum Gasteiger partial charge on any atom is -0.468 e. The van der Waals surface area contributed by atoms with Gasteiger partial charge >= 0.3 is 0 Å². The lowest BCUT2D eigenvalue weighted by molar-refractivity contribution is 0.483. The summed E-state index contributed by atoms with van der Waals surface area (Å²) in [5.41, 5.74) is 2.30. The monoisotopic (exact) mass is 227 g/mol. The van der Waals surface area contributed by atoms with Gasteiger partial charge in [-0.05, 0) is 23.8 Å². The van der Waals surface area contributed by atoms with Crippen molar-refractivity contribution in [2.45, 2.75) is 13.1 Å². The third-order valence-electron chi connectivity index (χ3n) is 2.71. The number of aromatic amines is 1. The van der Waals surface area contributed by atoms with Crippen molar-refractivity contribution in [1.29, 1.82) is 0 Å². The molecule has 0 atom stereocenters. The molecule has 86 valence electrons. The van der Waals surface area contributed by atoms with Gasteiger partial charge in [-0.25, -0.2) is 0 Å². The van der Waals surface area contributed by atoms with Crippen LogP contribution >= 0.6 is 0 Å². The van der Waals surface area contributed by atoms with Crippen molar-refractivity contribution in [3.8, 4) is 0 Å². The standard InChI is InChI=1S/C13H13N3O/c1-2-12(17-5-1)9-14-7-10-3-4-11-8-15-16-13(11)6-10/h1-6,8,14H,7,9H2,(H,15,16). The summed E-state index contributed by atoms with van der Waals surface area (Å²) in [6.07, 6.45) is 3.52. The summed E-state index contributed by atoms with van der Waals surface area (Å²) in [6, 6.07) is 10.1. The Morgan fingerprint density at radius 1 is 1.24 bits per heavy atom. The molecule has 2 aromatic heterocycles. The van der Waals surface area contributed by atoms with Gasteiger partial charge in [0.1, 0.15) is 5.76 Å². The highest BCUT2D eigenvalue weighted by atomic mass is 16.3. The normalized spacial score (nSPS) is 11.1. The highest BCUT2D eigenvalue weighted by Gasteiger charge is 1.99. The molecule has 0 bridgehead atoms. The first-order chi connectivity index (χ1) is 8.42. The van der Waals surface area contributed by atoms with Gasteiger partial charge in [-0.1, -0.05) is 12.1 Å². The Balaban J connectivity index is 1.64. The molecular formula is C13H13N3O. The SMILES string of the molecule is c1coc(CNCc2ccc3cn[nH]c3c2)c1. The van der Waals surface area contributed by atoms with Gasteiger partial charge in [0.15, 0.2) is 0 Å². The van der Waals surface area contributed by atoms with E-state index in [0.29, 0.717) is 0 Å². The van der Waals surface area contributed by atoms with E-state index in [-0.39, 0.29) is 0 Å². The zero-order chi connectivity index (χ0) is 11.5. The lowest BCUT2D eigenvalue weighted by Crippen LogP contribution is -2.11. The van der Waals surface area contributed by atoms with E-state index < -0.39 is 0 Å². The van der Waals surface area contributed by atoms with Crippen molar-refractivity contribution in [3.05, 3.63) is 54.1 Å². The number of aromatic nitrogens is 2. The molecule has 4 heteroatoms. The minimum atomic E-state index is 0.744. The van der Waals surface area contributed by atoms with Gasteiger partial charge in [0.2, 0.25) is 0 Å². The van der Waals surface area contributed by atoms with Gasteiger partial charge in [0.25, 0.3) is 0 Å². The lowest BCUT2D eigenvalue weighted by Gasteiger charge is -2.03. The van der Waals surface area contributed by atoms with E-state index in [1.165, 1.54) is 5.56 Å². The predicted molar refractivity (Wildman–Crippen MR) is 65.3 cm³/mol. The minimum absolute atomic E-state index is 0.744. The topological polar surface area (TPSA) is 53.9 Å². The zero-order valence-electron chi connectivity index (χ0n) is 9.31. The van der Waals surface area contributed by atoms with Crippen LogP contribution in [-0.4, -0.2) is 10.2 Å². The first kappa shape index (κ1) is 10.1. The van der Waals surface area contributed by atoms with Gasteiger partial charge in [-0.15, -0.1) is 0 Å². The summed E-state index contributed by atoms with van der Waals surface area (Å²) in [5, 5.41) is 11.4. The second kappa shape index (κ2) is 4.43. The van der Waals surface area contributed by atoms with E-state index in [0.717, 1.165) is 29.8 Å². The molecular weight excluding hydrogens is 214 g/mol. The Hall–Kier alpha value is -2.07. The Kier molecular flexibility index (Phi) is 2.63. The largest absolute Gasteiger partial charge is 0.468 e. The molecule has 2 heterocycles. The Labute approximate surface area is 98.6 Å². The Bertz CT molecular complexity index is 598. The van der Waals surface area contributed by atoms with E-state index in [9.17, 15) is 0 Å². The van der Waals surface area contributed by atoms with Crippen molar-refractivity contribution in [3.63, 3.8) is 0 Å². The fourth-order valence-electron chi connectivity index (χ4n) is 1.84. The number of hydrogen-bond donors (Lipinski definition) is 2. The molecule has 1 aromatic carbocycles. The molecule has 0 amide bonds. The van der Waals surface area contributed by atoms with Crippen LogP contribution in [0, 0.1) is 0 Å². The number of fused-ring (bicyclic) bond motifs is 1. The van der Waals surface area contributed by atoms with Crippen LogP contribution in [0.25, 0.3) is 10.9 Å². The molecule has 0 spiro atoms. The Morgan fingerprint density at radius 2 is 2.24 bits per heavy atom. The number of furan rings is 1. The molecule has 0 aliphatic carbocycles. The molecule has 0 aliphatic heterocycles. The van der Waals surface area contributed by atoms with Crippen LogP contribution in [0.3, 0.4) is 0 Å². The van der Waals surface area contributed by atoms with Crippen LogP contribution < -0.4 is 5.32 Å². The van der Waals surface area contributed by atoms with Crippen LogP contribution in [0.2, 0.25) is 0 Å². The smallest absolute Gasteiger partial charge is 0.117 e. The first-order valence-electron chi connectivity index (χ1n) is 5.57. The highest BCUT2D eigenvalue weighted by Crippen LogP contribution is 2.12. The average Bonchev–Trinajstić information content (AvgIpc) is 2.98. The lowest BCUT2D eigenvalue weighted by atomic mass is 10.1. The van der Waals surface area contributed by atoms with Gasteiger partial charge < -0.3 is 9.73 Å². The van der Waals surface area contributed by atoms with Crippen molar-refractivity contribution in [2.75, 3.05) is 0 Å². The van der Waals surface area contributed by atoms with E-state index in [1.54, 1.807) is 6.26 Å². The molecule has 3 aromatic rings. The number of nitrogens with one attached hydrogen (secondary N) is 2. The molecule has 0 aliphatic rings.